The number of thiophene rings is 1. The molecule has 1 atom stereocenters. The van der Waals surface area contributed by atoms with Crippen LogP contribution in [0.2, 0.25) is 0 Å². The minimum atomic E-state index is -0.910. The van der Waals surface area contributed by atoms with Gasteiger partial charge in [-0.05, 0) is 52.4 Å². The van der Waals surface area contributed by atoms with E-state index in [0.717, 1.165) is 11.1 Å². The predicted molar refractivity (Wildman–Crippen MR) is 139 cm³/mol. The number of nitrogens with two attached hydrogens (primary N) is 1. The third-order valence-electron chi connectivity index (χ3n) is 5.45. The van der Waals surface area contributed by atoms with Crippen molar-refractivity contribution in [3.63, 3.8) is 0 Å². The third-order valence-corrected chi connectivity index (χ3v) is 6.32. The van der Waals surface area contributed by atoms with E-state index < -0.39 is 11.9 Å². The molecule has 3 aromatic carbocycles. The van der Waals surface area contributed by atoms with Crippen molar-refractivity contribution in [3.05, 3.63) is 124 Å². The van der Waals surface area contributed by atoms with Crippen LogP contribution in [0.1, 0.15) is 42.8 Å². The zero-order valence-electron chi connectivity index (χ0n) is 19.3. The number of rotatable bonds is 10. The van der Waals surface area contributed by atoms with E-state index in [-0.39, 0.29) is 18.4 Å². The van der Waals surface area contributed by atoms with E-state index >= 15 is 0 Å². The number of hydrogen-bond donors (Lipinski definition) is 3. The molecule has 36 heavy (non-hydrogen) atoms. The maximum absolute atomic E-state index is 13.2. The van der Waals surface area contributed by atoms with E-state index in [4.69, 9.17) is 10.5 Å². The van der Waals surface area contributed by atoms with Gasteiger partial charge in [-0.15, -0.1) is 11.3 Å². The zero-order chi connectivity index (χ0) is 25.3. The van der Waals surface area contributed by atoms with Crippen LogP contribution in [0, 0.1) is 0 Å². The molecule has 0 saturated carbocycles. The van der Waals surface area contributed by atoms with Crippen LogP contribution in [-0.2, 0) is 17.9 Å². The first-order valence-electron chi connectivity index (χ1n) is 11.3. The predicted octanol–water partition coefficient (Wildman–Crippen LogP) is 4.21. The van der Waals surface area contributed by atoms with Gasteiger partial charge < -0.3 is 21.1 Å². The molecule has 0 aliphatic heterocycles. The van der Waals surface area contributed by atoms with Gasteiger partial charge >= 0.3 is 0 Å². The Labute approximate surface area is 212 Å². The van der Waals surface area contributed by atoms with Crippen molar-refractivity contribution in [1.82, 2.24) is 10.6 Å². The lowest BCUT2D eigenvalue weighted by Gasteiger charge is -2.19. The Morgan fingerprint density at radius 3 is 2.19 bits per heavy atom. The molecule has 4 N–H and O–H groups in total. The molecule has 4 rings (SSSR count). The van der Waals surface area contributed by atoms with E-state index in [0.29, 0.717) is 28.4 Å². The van der Waals surface area contributed by atoms with Crippen LogP contribution >= 0.6 is 11.3 Å². The highest BCUT2D eigenvalue weighted by atomic mass is 32.1. The van der Waals surface area contributed by atoms with E-state index in [1.165, 1.54) is 11.3 Å². The van der Waals surface area contributed by atoms with Crippen LogP contribution < -0.4 is 21.1 Å². The van der Waals surface area contributed by atoms with Crippen molar-refractivity contribution in [2.24, 2.45) is 5.73 Å². The molecule has 3 amide bonds. The molecular formula is C28H25N3O4S. The first-order valence-corrected chi connectivity index (χ1v) is 12.1. The highest BCUT2D eigenvalue weighted by Gasteiger charge is 2.24. The molecule has 0 fully saturated rings. The summed E-state index contributed by atoms with van der Waals surface area (Å²) < 4.78 is 5.84. The van der Waals surface area contributed by atoms with Crippen LogP contribution in [-0.4, -0.2) is 17.7 Å². The Balaban J connectivity index is 1.46. The maximum Gasteiger partial charge on any atom is 0.262 e. The molecule has 0 spiro atoms. The normalized spacial score (nSPS) is 11.3. The molecule has 182 valence electrons. The molecular weight excluding hydrogens is 474 g/mol. The van der Waals surface area contributed by atoms with E-state index in [1.54, 1.807) is 66.0 Å². The van der Waals surface area contributed by atoms with Crippen molar-refractivity contribution in [1.29, 1.82) is 0 Å². The smallest absolute Gasteiger partial charge is 0.262 e. The topological polar surface area (TPSA) is 111 Å². The van der Waals surface area contributed by atoms with Crippen molar-refractivity contribution < 1.29 is 19.1 Å². The van der Waals surface area contributed by atoms with Crippen LogP contribution in [0.3, 0.4) is 0 Å². The number of primary amides is 1. The Hall–Kier alpha value is -4.43. The van der Waals surface area contributed by atoms with Gasteiger partial charge in [0.15, 0.2) is 0 Å². The van der Waals surface area contributed by atoms with Gasteiger partial charge in [0.05, 0.1) is 4.88 Å². The zero-order valence-corrected chi connectivity index (χ0v) is 20.2. The van der Waals surface area contributed by atoms with Gasteiger partial charge in [0.2, 0.25) is 11.8 Å². The standard InChI is InChI=1S/C28H25N3O4S/c29-26(32)22-10-8-19(9-11-22)17-30-28(34)25(31-27(33)24-7-4-16-36-24)21-12-14-23(15-13-21)35-18-20-5-2-1-3-6-20/h1-16,25H,17-18H2,(H2,29,32)(H,30,34)(H,31,33)/t25-/m0/s1. The van der Waals surface area contributed by atoms with Gasteiger partial charge in [0, 0.05) is 12.1 Å². The fourth-order valence-electron chi connectivity index (χ4n) is 3.49. The Bertz CT molecular complexity index is 1310. The van der Waals surface area contributed by atoms with Crippen molar-refractivity contribution in [2.75, 3.05) is 0 Å². The quantitative estimate of drug-likeness (QED) is 0.303. The third kappa shape index (κ3) is 6.58. The highest BCUT2D eigenvalue weighted by Crippen LogP contribution is 2.21. The second-order valence-corrected chi connectivity index (χ2v) is 8.95. The lowest BCUT2D eigenvalue weighted by molar-refractivity contribution is -0.123. The number of amides is 3. The number of ether oxygens (including phenoxy) is 1. The van der Waals surface area contributed by atoms with Gasteiger partial charge in [-0.25, -0.2) is 0 Å². The average Bonchev–Trinajstić information content (AvgIpc) is 3.46. The summed E-state index contributed by atoms with van der Waals surface area (Å²) in [5, 5.41) is 7.50. The SMILES string of the molecule is NC(=O)c1ccc(CNC(=O)[C@@H](NC(=O)c2cccs2)c2ccc(OCc3ccccc3)cc2)cc1. The minimum Gasteiger partial charge on any atom is -0.489 e. The number of carbonyl (C=O) groups is 3. The average molecular weight is 500 g/mol. The summed E-state index contributed by atoms with van der Waals surface area (Å²) in [4.78, 5) is 37.7. The largest absolute Gasteiger partial charge is 0.489 e. The van der Waals surface area contributed by atoms with Gasteiger partial charge in [-0.2, -0.15) is 0 Å². The summed E-state index contributed by atoms with van der Waals surface area (Å²) in [5.41, 5.74) is 8.13. The Morgan fingerprint density at radius 2 is 1.56 bits per heavy atom. The summed E-state index contributed by atoms with van der Waals surface area (Å²) in [6.45, 7) is 0.648. The molecule has 0 aliphatic carbocycles. The second kappa shape index (κ2) is 11.8. The maximum atomic E-state index is 13.2. The lowest BCUT2D eigenvalue weighted by Crippen LogP contribution is -2.40. The summed E-state index contributed by atoms with van der Waals surface area (Å²) in [6.07, 6.45) is 0. The van der Waals surface area contributed by atoms with Gasteiger partial charge in [0.25, 0.3) is 5.91 Å². The fraction of sp³-hybridized carbons (Fsp3) is 0.107. The van der Waals surface area contributed by atoms with Crippen LogP contribution in [0.5, 0.6) is 5.75 Å². The lowest BCUT2D eigenvalue weighted by atomic mass is 10.1. The van der Waals surface area contributed by atoms with Crippen LogP contribution in [0.25, 0.3) is 0 Å². The first-order chi connectivity index (χ1) is 17.5. The van der Waals surface area contributed by atoms with Crippen molar-refractivity contribution in [3.8, 4) is 5.75 Å². The fourth-order valence-corrected chi connectivity index (χ4v) is 4.11. The number of hydrogen-bond acceptors (Lipinski definition) is 5. The molecule has 7 nitrogen and oxygen atoms in total. The van der Waals surface area contributed by atoms with Gasteiger partial charge in [-0.3, -0.25) is 14.4 Å². The Morgan fingerprint density at radius 1 is 0.833 bits per heavy atom. The summed E-state index contributed by atoms with van der Waals surface area (Å²) in [5.74, 6) is -0.559. The molecule has 1 heterocycles. The van der Waals surface area contributed by atoms with Crippen LogP contribution in [0.15, 0.2) is 96.4 Å². The molecule has 0 bridgehead atoms. The van der Waals surface area contributed by atoms with E-state index in [1.807, 2.05) is 30.3 Å². The summed E-state index contributed by atoms with van der Waals surface area (Å²) in [7, 11) is 0. The molecule has 8 heteroatoms. The Kier molecular flexibility index (Phi) is 8.10. The van der Waals surface area contributed by atoms with Gasteiger partial charge in [-0.1, -0.05) is 60.7 Å². The highest BCUT2D eigenvalue weighted by molar-refractivity contribution is 7.12. The molecule has 1 aromatic heterocycles. The molecule has 0 radical (unpaired) electrons. The summed E-state index contributed by atoms with van der Waals surface area (Å²) >= 11 is 1.30. The minimum absolute atomic E-state index is 0.224. The monoisotopic (exact) mass is 499 g/mol. The molecule has 0 saturated heterocycles. The number of benzene rings is 3. The van der Waals surface area contributed by atoms with Crippen molar-refractivity contribution >= 4 is 29.1 Å². The second-order valence-electron chi connectivity index (χ2n) is 8.01. The van der Waals surface area contributed by atoms with Crippen LogP contribution in [0.4, 0.5) is 0 Å². The summed E-state index contributed by atoms with van der Waals surface area (Å²) in [6, 6.07) is 26.1. The molecule has 0 aliphatic rings. The molecule has 4 aromatic rings. The number of nitrogens with one attached hydrogen (secondary N) is 2. The van der Waals surface area contributed by atoms with Gasteiger partial charge in [0.1, 0.15) is 18.4 Å². The number of carbonyl (C=O) groups excluding carboxylic acids is 3. The first kappa shape index (κ1) is 24.7. The van der Waals surface area contributed by atoms with Crippen molar-refractivity contribution in [2.45, 2.75) is 19.2 Å². The van der Waals surface area contributed by atoms with E-state index in [2.05, 4.69) is 10.6 Å². The molecule has 0 unspecified atom stereocenters. The van der Waals surface area contributed by atoms with E-state index in [9.17, 15) is 14.4 Å².